The van der Waals surface area contributed by atoms with E-state index in [0.29, 0.717) is 0 Å². The highest BCUT2D eigenvalue weighted by Gasteiger charge is 2.19. The Morgan fingerprint density at radius 1 is 0.277 bits per heavy atom. The lowest BCUT2D eigenvalue weighted by Crippen LogP contribution is -1.89. The topological polar surface area (TPSA) is 13.1 Å². The first kappa shape index (κ1) is 25.1. The van der Waals surface area contributed by atoms with Crippen molar-refractivity contribution in [2.24, 2.45) is 0 Å². The molecule has 0 unspecified atom stereocenters. The van der Waals surface area contributed by atoms with Crippen molar-refractivity contribution >= 4 is 86.6 Å². The van der Waals surface area contributed by atoms with Gasteiger partial charge in [-0.2, -0.15) is 0 Å². The Balaban J connectivity index is 1.25. The van der Waals surface area contributed by atoms with Crippen molar-refractivity contribution in [3.8, 4) is 22.3 Å². The van der Waals surface area contributed by atoms with Crippen molar-refractivity contribution < 1.29 is 4.42 Å². The molecule has 0 aliphatic heterocycles. The second kappa shape index (κ2) is 9.19. The number of benzene rings is 10. The molecular formula is C46H26O. The summed E-state index contributed by atoms with van der Waals surface area (Å²) in [5, 5.41) is 17.5. The lowest BCUT2D eigenvalue weighted by molar-refractivity contribution is 0.669. The maximum Gasteiger partial charge on any atom is 0.136 e. The highest BCUT2D eigenvalue weighted by atomic mass is 16.3. The zero-order valence-corrected chi connectivity index (χ0v) is 25.4. The third kappa shape index (κ3) is 3.54. The summed E-state index contributed by atoms with van der Waals surface area (Å²) in [5.41, 5.74) is 6.58. The van der Waals surface area contributed by atoms with Gasteiger partial charge in [0.05, 0.1) is 0 Å². The highest BCUT2D eigenvalue weighted by Crippen LogP contribution is 2.46. The molecule has 10 aromatic carbocycles. The van der Waals surface area contributed by atoms with Crippen LogP contribution in [0.15, 0.2) is 162 Å². The average Bonchev–Trinajstić information content (AvgIpc) is 3.49. The molecule has 1 heterocycles. The molecule has 216 valence electrons. The molecule has 0 saturated carbocycles. The monoisotopic (exact) mass is 594 g/mol. The van der Waals surface area contributed by atoms with E-state index in [2.05, 4.69) is 158 Å². The summed E-state index contributed by atoms with van der Waals surface area (Å²) >= 11 is 0. The Kier molecular flexibility index (Phi) is 4.90. The first-order valence-corrected chi connectivity index (χ1v) is 16.2. The normalized spacial score (nSPS) is 12.3. The van der Waals surface area contributed by atoms with Crippen molar-refractivity contribution in [3.05, 3.63) is 158 Å². The molecule has 11 rings (SSSR count). The number of furan rings is 1. The van der Waals surface area contributed by atoms with Gasteiger partial charge in [0, 0.05) is 10.8 Å². The van der Waals surface area contributed by atoms with Gasteiger partial charge in [-0.25, -0.2) is 0 Å². The molecular weight excluding hydrogens is 569 g/mol. The molecule has 0 saturated heterocycles. The average molecular weight is 595 g/mol. The summed E-state index contributed by atoms with van der Waals surface area (Å²) in [6.45, 7) is 0. The summed E-state index contributed by atoms with van der Waals surface area (Å²) in [7, 11) is 0. The molecule has 0 amide bonds. The third-order valence-corrected chi connectivity index (χ3v) is 10.3. The van der Waals surface area contributed by atoms with E-state index in [-0.39, 0.29) is 0 Å². The summed E-state index contributed by atoms with van der Waals surface area (Å²) in [6.07, 6.45) is 0. The van der Waals surface area contributed by atoms with Crippen LogP contribution in [0.2, 0.25) is 0 Å². The van der Waals surface area contributed by atoms with E-state index in [0.717, 1.165) is 27.5 Å². The molecule has 1 heteroatoms. The Morgan fingerprint density at radius 2 is 0.915 bits per heavy atom. The first-order valence-electron chi connectivity index (χ1n) is 16.2. The Labute approximate surface area is 270 Å². The summed E-state index contributed by atoms with van der Waals surface area (Å²) in [5.74, 6) is 0. The minimum absolute atomic E-state index is 0.909. The van der Waals surface area contributed by atoms with Gasteiger partial charge in [0.25, 0.3) is 0 Å². The fourth-order valence-electron chi connectivity index (χ4n) is 8.13. The number of rotatable bonds is 2. The smallest absolute Gasteiger partial charge is 0.136 e. The zero-order chi connectivity index (χ0) is 30.6. The van der Waals surface area contributed by atoms with Crippen LogP contribution in [-0.2, 0) is 0 Å². The summed E-state index contributed by atoms with van der Waals surface area (Å²) in [4.78, 5) is 0. The number of hydrogen-bond donors (Lipinski definition) is 0. The van der Waals surface area contributed by atoms with E-state index in [4.69, 9.17) is 4.42 Å². The van der Waals surface area contributed by atoms with Gasteiger partial charge >= 0.3 is 0 Å². The molecule has 1 nitrogen and oxygen atoms in total. The Hall–Kier alpha value is -6.18. The molecule has 47 heavy (non-hydrogen) atoms. The molecule has 1 aromatic heterocycles. The second-order valence-electron chi connectivity index (χ2n) is 12.9. The van der Waals surface area contributed by atoms with Crippen LogP contribution < -0.4 is 0 Å². The number of fused-ring (bicyclic) bond motifs is 7. The van der Waals surface area contributed by atoms with Gasteiger partial charge in [-0.3, -0.25) is 0 Å². The van der Waals surface area contributed by atoms with Crippen molar-refractivity contribution in [1.82, 2.24) is 0 Å². The van der Waals surface area contributed by atoms with Gasteiger partial charge < -0.3 is 4.42 Å². The Bertz CT molecular complexity index is 3050. The second-order valence-corrected chi connectivity index (χ2v) is 12.9. The van der Waals surface area contributed by atoms with Crippen LogP contribution in [0.1, 0.15) is 0 Å². The minimum Gasteiger partial charge on any atom is -0.456 e. The van der Waals surface area contributed by atoms with Crippen molar-refractivity contribution in [3.63, 3.8) is 0 Å². The fraction of sp³-hybridized carbons (Fsp3) is 0. The fourth-order valence-corrected chi connectivity index (χ4v) is 8.13. The molecule has 0 aliphatic rings. The van der Waals surface area contributed by atoms with Crippen LogP contribution in [0.4, 0.5) is 0 Å². The molecule has 0 radical (unpaired) electrons. The summed E-state index contributed by atoms with van der Waals surface area (Å²) < 4.78 is 6.76. The molecule has 0 aliphatic carbocycles. The van der Waals surface area contributed by atoms with Crippen molar-refractivity contribution in [2.75, 3.05) is 0 Å². The van der Waals surface area contributed by atoms with E-state index in [1.165, 1.54) is 81.3 Å². The van der Waals surface area contributed by atoms with Gasteiger partial charge in [-0.05, 0) is 117 Å². The standard InChI is InChI=1S/C46H26O/c1-2-8-32-25-42-41(23-31(32)7-1)46-40(38-20-16-30-14-13-28-9-5-10-29-17-21-39(38)45(30)44(28)29)24-35(26-43(46)47-42)33-18-19-37-34(22-33)15-12-27-6-3-4-11-36(27)37/h1-26H. The maximum absolute atomic E-state index is 6.76. The lowest BCUT2D eigenvalue weighted by Gasteiger charge is -2.16. The SMILES string of the molecule is c1ccc2cc3c(cc2c1)oc1cc(-c2ccc4c(ccc5ccccc54)c2)cc(-c2ccc4ccc5cccc6ccc2c4c56)c13. The van der Waals surface area contributed by atoms with Crippen LogP contribution in [0.25, 0.3) is 109 Å². The van der Waals surface area contributed by atoms with Gasteiger partial charge in [-0.1, -0.05) is 127 Å². The number of hydrogen-bond acceptors (Lipinski definition) is 1. The van der Waals surface area contributed by atoms with Gasteiger partial charge in [0.2, 0.25) is 0 Å². The van der Waals surface area contributed by atoms with Crippen LogP contribution >= 0.6 is 0 Å². The molecule has 0 spiro atoms. The highest BCUT2D eigenvalue weighted by molar-refractivity contribution is 6.27. The molecule has 11 aromatic rings. The van der Waals surface area contributed by atoms with Gasteiger partial charge in [0.1, 0.15) is 11.2 Å². The van der Waals surface area contributed by atoms with Crippen molar-refractivity contribution in [2.45, 2.75) is 0 Å². The maximum atomic E-state index is 6.76. The van der Waals surface area contributed by atoms with Gasteiger partial charge in [0.15, 0.2) is 0 Å². The predicted octanol–water partition coefficient (Wildman–Crippen LogP) is 13.3. The minimum atomic E-state index is 0.909. The molecule has 0 bridgehead atoms. The van der Waals surface area contributed by atoms with Crippen LogP contribution in [-0.4, -0.2) is 0 Å². The van der Waals surface area contributed by atoms with E-state index < -0.39 is 0 Å². The van der Waals surface area contributed by atoms with Crippen molar-refractivity contribution in [1.29, 1.82) is 0 Å². The van der Waals surface area contributed by atoms with Gasteiger partial charge in [-0.15, -0.1) is 0 Å². The van der Waals surface area contributed by atoms with E-state index >= 15 is 0 Å². The summed E-state index contributed by atoms with van der Waals surface area (Å²) in [6, 6.07) is 58.0. The molecule has 0 atom stereocenters. The predicted molar refractivity (Wildman–Crippen MR) is 201 cm³/mol. The van der Waals surface area contributed by atoms with Crippen LogP contribution in [0, 0.1) is 0 Å². The molecule has 0 N–H and O–H groups in total. The van der Waals surface area contributed by atoms with Crippen LogP contribution in [0.5, 0.6) is 0 Å². The quantitative estimate of drug-likeness (QED) is 0.182. The van der Waals surface area contributed by atoms with E-state index in [1.807, 2.05) is 0 Å². The van der Waals surface area contributed by atoms with Crippen LogP contribution in [0.3, 0.4) is 0 Å². The third-order valence-electron chi connectivity index (χ3n) is 10.3. The largest absolute Gasteiger partial charge is 0.456 e. The lowest BCUT2D eigenvalue weighted by atomic mass is 9.87. The first-order chi connectivity index (χ1) is 23.3. The zero-order valence-electron chi connectivity index (χ0n) is 25.4. The Morgan fingerprint density at radius 3 is 1.79 bits per heavy atom. The van der Waals surface area contributed by atoms with E-state index in [9.17, 15) is 0 Å². The molecule has 0 fully saturated rings. The van der Waals surface area contributed by atoms with E-state index in [1.54, 1.807) is 0 Å².